The predicted octanol–water partition coefficient (Wildman–Crippen LogP) is 1.00. The molecule has 1 heterocycles. The first-order valence-electron chi connectivity index (χ1n) is 5.42. The van der Waals surface area contributed by atoms with Gasteiger partial charge in [-0.2, -0.15) is 0 Å². The van der Waals surface area contributed by atoms with E-state index in [4.69, 9.17) is 5.73 Å². The van der Waals surface area contributed by atoms with Crippen LogP contribution in [0.4, 0.5) is 4.39 Å². The van der Waals surface area contributed by atoms with E-state index in [1.807, 2.05) is 0 Å². The number of nitrogens with one attached hydrogen (secondary N) is 1. The van der Waals surface area contributed by atoms with Crippen molar-refractivity contribution in [2.75, 3.05) is 13.1 Å². The number of hydrogen-bond acceptors (Lipinski definition) is 2. The van der Waals surface area contributed by atoms with Gasteiger partial charge in [0.2, 0.25) is 5.91 Å². The number of primary amides is 1. The first-order valence-corrected chi connectivity index (χ1v) is 5.42. The van der Waals surface area contributed by atoms with Gasteiger partial charge in [-0.15, -0.1) is 0 Å². The zero-order valence-corrected chi connectivity index (χ0v) is 8.95. The molecule has 0 unspecified atom stereocenters. The van der Waals surface area contributed by atoms with Gasteiger partial charge >= 0.3 is 0 Å². The van der Waals surface area contributed by atoms with E-state index in [2.05, 4.69) is 5.32 Å². The second kappa shape index (κ2) is 4.61. The number of nitrogens with two attached hydrogens (primary N) is 1. The van der Waals surface area contributed by atoms with Crippen molar-refractivity contribution in [3.8, 4) is 0 Å². The van der Waals surface area contributed by atoms with Gasteiger partial charge in [-0.05, 0) is 30.0 Å². The molecule has 1 aliphatic rings. The number of carbonyl (C=O) groups excluding carboxylic acids is 1. The van der Waals surface area contributed by atoms with Crippen LogP contribution < -0.4 is 11.1 Å². The summed E-state index contributed by atoms with van der Waals surface area (Å²) in [5, 5.41) is 3.18. The lowest BCUT2D eigenvalue weighted by atomic mass is 9.85. The summed E-state index contributed by atoms with van der Waals surface area (Å²) in [6.45, 7) is 1.46. The minimum absolute atomic E-state index is 0.121. The fourth-order valence-corrected chi connectivity index (χ4v) is 2.15. The fourth-order valence-electron chi connectivity index (χ4n) is 2.15. The van der Waals surface area contributed by atoms with E-state index in [0.29, 0.717) is 6.54 Å². The zero-order chi connectivity index (χ0) is 11.5. The molecular weight excluding hydrogens is 207 g/mol. The van der Waals surface area contributed by atoms with Gasteiger partial charge < -0.3 is 11.1 Å². The van der Waals surface area contributed by atoms with E-state index in [1.54, 1.807) is 12.1 Å². The maximum absolute atomic E-state index is 12.8. The summed E-state index contributed by atoms with van der Waals surface area (Å²) in [5.74, 6) is -0.381. The summed E-state index contributed by atoms with van der Waals surface area (Å²) >= 11 is 0. The molecule has 1 amide bonds. The van der Waals surface area contributed by atoms with Gasteiger partial charge in [0, 0.05) is 13.1 Å². The molecule has 0 aliphatic carbocycles. The summed E-state index contributed by atoms with van der Waals surface area (Å²) in [6, 6.07) is 6.43. The van der Waals surface area contributed by atoms with Crippen molar-refractivity contribution in [2.45, 2.75) is 12.3 Å². The van der Waals surface area contributed by atoms with Crippen molar-refractivity contribution < 1.29 is 9.18 Å². The molecule has 86 valence electrons. The van der Waals surface area contributed by atoms with Gasteiger partial charge in [0.1, 0.15) is 5.82 Å². The quantitative estimate of drug-likeness (QED) is 0.784. The topological polar surface area (TPSA) is 55.1 Å². The highest BCUT2D eigenvalue weighted by molar-refractivity contribution is 5.77. The number of hydrogen-bond donors (Lipinski definition) is 2. The first-order chi connectivity index (χ1) is 7.66. The number of rotatable bonds is 2. The number of benzene rings is 1. The van der Waals surface area contributed by atoms with E-state index in [9.17, 15) is 9.18 Å². The van der Waals surface area contributed by atoms with Crippen LogP contribution in [0.1, 0.15) is 17.9 Å². The van der Waals surface area contributed by atoms with Crippen molar-refractivity contribution in [3.05, 3.63) is 35.6 Å². The van der Waals surface area contributed by atoms with Crippen LogP contribution in [-0.4, -0.2) is 19.0 Å². The second-order valence-corrected chi connectivity index (χ2v) is 4.24. The molecule has 2 rings (SSSR count). The highest BCUT2D eigenvalue weighted by Gasteiger charge is 2.26. The Balaban J connectivity index is 2.09. The van der Waals surface area contributed by atoms with Crippen LogP contribution >= 0.6 is 0 Å². The molecule has 1 fully saturated rings. The molecule has 1 saturated heterocycles. The average Bonchev–Trinajstić information content (AvgIpc) is 2.30. The van der Waals surface area contributed by atoms with Crippen molar-refractivity contribution in [1.29, 1.82) is 0 Å². The highest BCUT2D eigenvalue weighted by atomic mass is 19.1. The minimum Gasteiger partial charge on any atom is -0.369 e. The molecule has 1 aliphatic heterocycles. The van der Waals surface area contributed by atoms with Crippen molar-refractivity contribution >= 4 is 5.91 Å². The van der Waals surface area contributed by atoms with E-state index < -0.39 is 0 Å². The summed E-state index contributed by atoms with van der Waals surface area (Å²) < 4.78 is 12.8. The van der Waals surface area contributed by atoms with E-state index >= 15 is 0 Å². The van der Waals surface area contributed by atoms with Crippen LogP contribution in [0.2, 0.25) is 0 Å². The molecular formula is C12H15FN2O. The maximum Gasteiger partial charge on any atom is 0.221 e. The largest absolute Gasteiger partial charge is 0.369 e. The zero-order valence-electron chi connectivity index (χ0n) is 8.95. The Kier molecular flexibility index (Phi) is 3.19. The highest BCUT2D eigenvalue weighted by Crippen LogP contribution is 2.26. The van der Waals surface area contributed by atoms with E-state index in [0.717, 1.165) is 18.5 Å². The lowest BCUT2D eigenvalue weighted by Gasteiger charge is -2.28. The number of piperidine rings is 1. The molecule has 0 aromatic heterocycles. The summed E-state index contributed by atoms with van der Waals surface area (Å²) in [5.41, 5.74) is 6.35. The van der Waals surface area contributed by atoms with Crippen molar-refractivity contribution in [3.63, 3.8) is 0 Å². The SMILES string of the molecule is NC(=O)[C@@H]1CNC[C@H](c2ccc(F)cc2)C1. The Morgan fingerprint density at radius 3 is 2.62 bits per heavy atom. The first kappa shape index (κ1) is 11.1. The van der Waals surface area contributed by atoms with E-state index in [1.165, 1.54) is 12.1 Å². The van der Waals surface area contributed by atoms with Crippen LogP contribution in [0.25, 0.3) is 0 Å². The summed E-state index contributed by atoms with van der Waals surface area (Å²) in [6.07, 6.45) is 0.744. The third-order valence-corrected chi connectivity index (χ3v) is 3.09. The molecule has 4 heteroatoms. The van der Waals surface area contributed by atoms with Gasteiger partial charge in [-0.25, -0.2) is 4.39 Å². The third-order valence-electron chi connectivity index (χ3n) is 3.09. The lowest BCUT2D eigenvalue weighted by molar-refractivity contribution is -0.122. The Morgan fingerprint density at radius 2 is 2.00 bits per heavy atom. The van der Waals surface area contributed by atoms with Crippen LogP contribution in [0.3, 0.4) is 0 Å². The molecule has 0 saturated carbocycles. The van der Waals surface area contributed by atoms with Crippen LogP contribution in [0.15, 0.2) is 24.3 Å². The minimum atomic E-state index is -0.265. The molecule has 0 radical (unpaired) electrons. The summed E-state index contributed by atoms with van der Waals surface area (Å²) in [7, 11) is 0. The molecule has 0 bridgehead atoms. The molecule has 1 aromatic rings. The average molecular weight is 222 g/mol. The maximum atomic E-state index is 12.8. The van der Waals surface area contributed by atoms with Crippen LogP contribution in [0, 0.1) is 11.7 Å². The monoisotopic (exact) mass is 222 g/mol. The molecule has 1 aromatic carbocycles. The normalized spacial score (nSPS) is 25.3. The number of halogens is 1. The number of amides is 1. The van der Waals surface area contributed by atoms with Gasteiger partial charge in [0.25, 0.3) is 0 Å². The number of carbonyl (C=O) groups is 1. The predicted molar refractivity (Wildman–Crippen MR) is 59.3 cm³/mol. The third kappa shape index (κ3) is 2.39. The van der Waals surface area contributed by atoms with Gasteiger partial charge in [-0.1, -0.05) is 12.1 Å². The molecule has 0 spiro atoms. The fraction of sp³-hybridized carbons (Fsp3) is 0.417. The standard InChI is InChI=1S/C12H15FN2O/c13-11-3-1-8(2-4-11)9-5-10(12(14)16)7-15-6-9/h1-4,9-10,15H,5-7H2,(H2,14,16)/t9-,10+/m1/s1. The molecule has 3 nitrogen and oxygen atoms in total. The lowest BCUT2D eigenvalue weighted by Crippen LogP contribution is -2.41. The Hall–Kier alpha value is -1.42. The second-order valence-electron chi connectivity index (χ2n) is 4.24. The molecule has 16 heavy (non-hydrogen) atoms. The van der Waals surface area contributed by atoms with Crippen LogP contribution in [-0.2, 0) is 4.79 Å². The van der Waals surface area contributed by atoms with Gasteiger partial charge in [0.15, 0.2) is 0 Å². The Labute approximate surface area is 93.8 Å². The van der Waals surface area contributed by atoms with Crippen molar-refractivity contribution in [1.82, 2.24) is 5.32 Å². The van der Waals surface area contributed by atoms with Gasteiger partial charge in [0.05, 0.1) is 5.92 Å². The summed E-state index contributed by atoms with van der Waals surface area (Å²) in [4.78, 5) is 11.1. The molecule has 2 atom stereocenters. The Morgan fingerprint density at radius 1 is 1.31 bits per heavy atom. The van der Waals surface area contributed by atoms with Gasteiger partial charge in [-0.3, -0.25) is 4.79 Å². The van der Waals surface area contributed by atoms with E-state index in [-0.39, 0.29) is 23.6 Å². The van der Waals surface area contributed by atoms with Crippen molar-refractivity contribution in [2.24, 2.45) is 11.7 Å². The van der Waals surface area contributed by atoms with Crippen LogP contribution in [0.5, 0.6) is 0 Å². The molecule has 3 N–H and O–H groups in total. The smallest absolute Gasteiger partial charge is 0.221 e. The Bertz CT molecular complexity index is 377.